The Labute approximate surface area is 128 Å². The topological polar surface area (TPSA) is 29.9 Å². The summed E-state index contributed by atoms with van der Waals surface area (Å²) in [6.07, 6.45) is 4.02. The second-order valence-corrected chi connectivity index (χ2v) is 6.43. The molecule has 0 atom stereocenters. The molecule has 1 aromatic carbocycles. The van der Waals surface area contributed by atoms with Gasteiger partial charge in [-0.25, -0.2) is 4.98 Å². The lowest BCUT2D eigenvalue weighted by Gasteiger charge is -2.05. The molecule has 0 saturated carbocycles. The van der Waals surface area contributed by atoms with E-state index in [0.29, 0.717) is 5.92 Å². The summed E-state index contributed by atoms with van der Waals surface area (Å²) in [5, 5.41) is 3.41. The number of hydrogen-bond acceptors (Lipinski definition) is 2. The molecule has 4 heteroatoms. The van der Waals surface area contributed by atoms with Crippen molar-refractivity contribution in [1.29, 1.82) is 0 Å². The van der Waals surface area contributed by atoms with Crippen LogP contribution in [0.3, 0.4) is 0 Å². The van der Waals surface area contributed by atoms with Gasteiger partial charge in [-0.15, -0.1) is 0 Å². The normalized spacial score (nSPS) is 11.2. The molecule has 2 rings (SSSR count). The van der Waals surface area contributed by atoms with Crippen molar-refractivity contribution >= 4 is 22.6 Å². The molecule has 1 N–H and O–H groups in total. The van der Waals surface area contributed by atoms with Crippen molar-refractivity contribution in [2.24, 2.45) is 5.92 Å². The fourth-order valence-corrected chi connectivity index (χ4v) is 2.23. The standard InChI is InChI=1S/C15H20IN3/c1-12(2)7-17-8-15-10-19(11-18-15)9-13-3-5-14(16)6-4-13/h3-6,10-12,17H,7-9H2,1-2H3. The van der Waals surface area contributed by atoms with Crippen LogP contribution in [0.1, 0.15) is 25.1 Å². The van der Waals surface area contributed by atoms with Gasteiger partial charge in [-0.1, -0.05) is 26.0 Å². The van der Waals surface area contributed by atoms with Gasteiger partial charge < -0.3 is 9.88 Å². The Morgan fingerprint density at radius 1 is 1.26 bits per heavy atom. The van der Waals surface area contributed by atoms with Gasteiger partial charge in [-0.3, -0.25) is 0 Å². The first-order valence-electron chi connectivity index (χ1n) is 6.59. The second kappa shape index (κ2) is 7.05. The molecule has 0 aliphatic rings. The average molecular weight is 369 g/mol. The van der Waals surface area contributed by atoms with Gasteiger partial charge in [0.25, 0.3) is 0 Å². The molecular formula is C15H20IN3. The van der Waals surface area contributed by atoms with Gasteiger partial charge in [0, 0.05) is 22.9 Å². The molecule has 3 nitrogen and oxygen atoms in total. The largest absolute Gasteiger partial charge is 0.333 e. The summed E-state index contributed by atoms with van der Waals surface area (Å²) < 4.78 is 3.40. The summed E-state index contributed by atoms with van der Waals surface area (Å²) in [4.78, 5) is 4.43. The molecule has 0 spiro atoms. The van der Waals surface area contributed by atoms with Gasteiger partial charge >= 0.3 is 0 Å². The van der Waals surface area contributed by atoms with Crippen LogP contribution in [0.15, 0.2) is 36.8 Å². The van der Waals surface area contributed by atoms with Gasteiger partial charge in [-0.2, -0.15) is 0 Å². The molecule has 0 fully saturated rings. The first kappa shape index (κ1) is 14.5. The lowest BCUT2D eigenvalue weighted by atomic mass is 10.2. The first-order valence-corrected chi connectivity index (χ1v) is 7.67. The monoisotopic (exact) mass is 369 g/mol. The van der Waals surface area contributed by atoms with Crippen LogP contribution < -0.4 is 5.32 Å². The highest BCUT2D eigenvalue weighted by Crippen LogP contribution is 2.08. The number of nitrogens with one attached hydrogen (secondary N) is 1. The van der Waals surface area contributed by atoms with Crippen LogP contribution in [0.25, 0.3) is 0 Å². The highest BCUT2D eigenvalue weighted by Gasteiger charge is 2.00. The molecule has 19 heavy (non-hydrogen) atoms. The molecule has 1 aromatic heterocycles. The Hall–Kier alpha value is -0.880. The van der Waals surface area contributed by atoms with Gasteiger partial charge in [0.05, 0.1) is 12.0 Å². The number of halogens is 1. The minimum absolute atomic E-state index is 0.675. The molecule has 0 radical (unpaired) electrons. The van der Waals surface area contributed by atoms with E-state index in [-0.39, 0.29) is 0 Å². The summed E-state index contributed by atoms with van der Waals surface area (Å²) in [5.74, 6) is 0.675. The molecule has 1 heterocycles. The van der Waals surface area contributed by atoms with Crippen molar-refractivity contribution in [2.45, 2.75) is 26.9 Å². The van der Waals surface area contributed by atoms with Crippen LogP contribution in [0.2, 0.25) is 0 Å². The van der Waals surface area contributed by atoms with Gasteiger partial charge in [0.15, 0.2) is 0 Å². The van der Waals surface area contributed by atoms with E-state index in [4.69, 9.17) is 0 Å². The van der Waals surface area contributed by atoms with E-state index in [2.05, 4.69) is 81.8 Å². The van der Waals surface area contributed by atoms with Crippen molar-refractivity contribution in [1.82, 2.24) is 14.9 Å². The number of aromatic nitrogens is 2. The number of hydrogen-bond donors (Lipinski definition) is 1. The Morgan fingerprint density at radius 3 is 2.68 bits per heavy atom. The van der Waals surface area contributed by atoms with Crippen molar-refractivity contribution in [3.8, 4) is 0 Å². The number of imidazole rings is 1. The van der Waals surface area contributed by atoms with E-state index in [1.54, 1.807) is 0 Å². The van der Waals surface area contributed by atoms with E-state index in [0.717, 1.165) is 25.3 Å². The Balaban J connectivity index is 1.88. The second-order valence-electron chi connectivity index (χ2n) is 5.19. The molecule has 0 amide bonds. The maximum absolute atomic E-state index is 4.43. The zero-order chi connectivity index (χ0) is 13.7. The zero-order valence-electron chi connectivity index (χ0n) is 11.4. The van der Waals surface area contributed by atoms with Crippen molar-refractivity contribution in [3.63, 3.8) is 0 Å². The van der Waals surface area contributed by atoms with Crippen LogP contribution in [0.5, 0.6) is 0 Å². The first-order chi connectivity index (χ1) is 9.13. The number of benzene rings is 1. The van der Waals surface area contributed by atoms with E-state index >= 15 is 0 Å². The third-order valence-electron chi connectivity index (χ3n) is 2.82. The Bertz CT molecular complexity index is 502. The predicted molar refractivity (Wildman–Crippen MR) is 87.0 cm³/mol. The summed E-state index contributed by atoms with van der Waals surface area (Å²) in [7, 11) is 0. The fourth-order valence-electron chi connectivity index (χ4n) is 1.87. The fraction of sp³-hybridized carbons (Fsp3) is 0.400. The summed E-state index contributed by atoms with van der Waals surface area (Å²) in [6, 6.07) is 8.60. The van der Waals surface area contributed by atoms with E-state index < -0.39 is 0 Å². The van der Waals surface area contributed by atoms with Crippen LogP contribution in [0.4, 0.5) is 0 Å². The molecule has 2 aromatic rings. The molecule has 0 unspecified atom stereocenters. The molecule has 0 aliphatic heterocycles. The Kier molecular flexibility index (Phi) is 5.39. The summed E-state index contributed by atoms with van der Waals surface area (Å²) in [6.45, 7) is 7.18. The third kappa shape index (κ3) is 4.95. The summed E-state index contributed by atoms with van der Waals surface area (Å²) >= 11 is 2.32. The van der Waals surface area contributed by atoms with Gasteiger partial charge in [-0.05, 0) is 52.7 Å². The van der Waals surface area contributed by atoms with Crippen LogP contribution in [-0.4, -0.2) is 16.1 Å². The van der Waals surface area contributed by atoms with Crippen molar-refractivity contribution < 1.29 is 0 Å². The minimum Gasteiger partial charge on any atom is -0.333 e. The van der Waals surface area contributed by atoms with Crippen LogP contribution in [0, 0.1) is 9.49 Å². The summed E-state index contributed by atoms with van der Waals surface area (Å²) in [5.41, 5.74) is 2.41. The predicted octanol–water partition coefficient (Wildman–Crippen LogP) is 3.28. The lowest BCUT2D eigenvalue weighted by Crippen LogP contribution is -2.19. The van der Waals surface area contributed by atoms with Gasteiger partial charge in [0.2, 0.25) is 0 Å². The highest BCUT2D eigenvalue weighted by molar-refractivity contribution is 14.1. The number of rotatable bonds is 6. The number of nitrogens with zero attached hydrogens (tertiary/aromatic N) is 2. The molecule has 0 saturated heterocycles. The zero-order valence-corrected chi connectivity index (χ0v) is 13.6. The van der Waals surface area contributed by atoms with E-state index in [1.807, 2.05) is 6.33 Å². The SMILES string of the molecule is CC(C)CNCc1cn(Cc2ccc(I)cc2)cn1. The maximum Gasteiger partial charge on any atom is 0.0953 e. The van der Waals surface area contributed by atoms with Crippen molar-refractivity contribution in [3.05, 3.63) is 51.6 Å². The molecule has 102 valence electrons. The Morgan fingerprint density at radius 2 is 2.00 bits per heavy atom. The van der Waals surface area contributed by atoms with Crippen LogP contribution in [-0.2, 0) is 13.1 Å². The van der Waals surface area contributed by atoms with E-state index in [1.165, 1.54) is 9.13 Å². The maximum atomic E-state index is 4.43. The smallest absolute Gasteiger partial charge is 0.0953 e. The molecular weight excluding hydrogens is 349 g/mol. The average Bonchev–Trinajstić information content (AvgIpc) is 2.79. The van der Waals surface area contributed by atoms with Crippen molar-refractivity contribution in [2.75, 3.05) is 6.54 Å². The quantitative estimate of drug-likeness (QED) is 0.792. The molecule has 0 bridgehead atoms. The highest BCUT2D eigenvalue weighted by atomic mass is 127. The lowest BCUT2D eigenvalue weighted by molar-refractivity contribution is 0.548. The van der Waals surface area contributed by atoms with E-state index in [9.17, 15) is 0 Å². The molecule has 0 aliphatic carbocycles. The van der Waals surface area contributed by atoms with Gasteiger partial charge in [0.1, 0.15) is 0 Å². The minimum atomic E-state index is 0.675. The van der Waals surface area contributed by atoms with Crippen LogP contribution >= 0.6 is 22.6 Å². The third-order valence-corrected chi connectivity index (χ3v) is 3.54.